The lowest BCUT2D eigenvalue weighted by molar-refractivity contribution is -0.0794. The molecule has 1 N–H and O–H groups in total. The van der Waals surface area contributed by atoms with Gasteiger partial charge in [-0.3, -0.25) is 4.90 Å². The summed E-state index contributed by atoms with van der Waals surface area (Å²) in [5.41, 5.74) is 3.11. The van der Waals surface area contributed by atoms with Crippen molar-refractivity contribution in [1.82, 2.24) is 4.90 Å². The molecule has 1 heterocycles. The Morgan fingerprint density at radius 3 is 2.55 bits per heavy atom. The van der Waals surface area contributed by atoms with Crippen LogP contribution in [-0.4, -0.2) is 61.5 Å². The zero-order valence-electron chi connectivity index (χ0n) is 18.5. The summed E-state index contributed by atoms with van der Waals surface area (Å²) in [7, 11) is 0. The first-order valence-corrected chi connectivity index (χ1v) is 11.6. The van der Waals surface area contributed by atoms with Crippen LogP contribution in [0.2, 0.25) is 5.02 Å². The van der Waals surface area contributed by atoms with Gasteiger partial charge in [-0.05, 0) is 60.6 Å². The van der Waals surface area contributed by atoms with E-state index in [1.807, 2.05) is 6.07 Å². The number of halogens is 1. The first-order valence-electron chi connectivity index (χ1n) is 11.2. The second-order valence-corrected chi connectivity index (χ2v) is 10.7. The smallest absolute Gasteiger partial charge is 0.0900 e. The van der Waals surface area contributed by atoms with Crippen molar-refractivity contribution in [2.75, 3.05) is 44.2 Å². The molecule has 3 aliphatic rings. The van der Waals surface area contributed by atoms with Gasteiger partial charge in [-0.25, -0.2) is 0 Å². The summed E-state index contributed by atoms with van der Waals surface area (Å²) in [5.74, 6) is 0.776. The minimum absolute atomic E-state index is 0.262. The minimum atomic E-state index is -0.416. The van der Waals surface area contributed by atoms with Gasteiger partial charge in [0, 0.05) is 43.4 Å². The molecule has 1 aromatic rings. The van der Waals surface area contributed by atoms with Gasteiger partial charge in [-0.1, -0.05) is 38.4 Å². The summed E-state index contributed by atoms with van der Waals surface area (Å²) in [6, 6.07) is 6.10. The van der Waals surface area contributed by atoms with Crippen LogP contribution in [0.1, 0.15) is 45.6 Å². The molecule has 2 saturated carbocycles. The third kappa shape index (κ3) is 3.94. The molecule has 4 nitrogen and oxygen atoms in total. The molecular weight excluding hydrogens is 384 g/mol. The number of β-amino-alcohol motifs (C(OH)–C–C–N with tert-alkyl or cyclic N) is 1. The van der Waals surface area contributed by atoms with Crippen molar-refractivity contribution in [3.05, 3.63) is 28.8 Å². The maximum atomic E-state index is 10.6. The van der Waals surface area contributed by atoms with Crippen LogP contribution in [0.5, 0.6) is 0 Å². The lowest BCUT2D eigenvalue weighted by Crippen LogP contribution is -2.49. The lowest BCUT2D eigenvalue weighted by atomic mass is 9.70. The molecule has 4 rings (SSSR count). The number of rotatable bonds is 6. The van der Waals surface area contributed by atoms with Crippen molar-refractivity contribution in [1.29, 1.82) is 0 Å². The predicted octanol–water partition coefficient (Wildman–Crippen LogP) is 4.36. The van der Waals surface area contributed by atoms with E-state index < -0.39 is 6.10 Å². The third-order valence-electron chi connectivity index (χ3n) is 8.56. The molecule has 1 aliphatic heterocycles. The summed E-state index contributed by atoms with van der Waals surface area (Å²) in [5, 5.41) is 11.4. The van der Waals surface area contributed by atoms with Crippen molar-refractivity contribution in [3.8, 4) is 0 Å². The molecule has 4 atom stereocenters. The molecule has 0 aromatic heterocycles. The van der Waals surface area contributed by atoms with E-state index >= 15 is 0 Å². The Bertz CT molecular complexity index is 732. The summed E-state index contributed by atoms with van der Waals surface area (Å²) in [6.07, 6.45) is 3.64. The first kappa shape index (κ1) is 21.4. The molecule has 5 heteroatoms. The number of aliphatic hydroxyl groups is 1. The van der Waals surface area contributed by atoms with E-state index in [9.17, 15) is 5.11 Å². The number of aryl methyl sites for hydroxylation is 1. The molecule has 0 radical (unpaired) electrons. The molecule has 29 heavy (non-hydrogen) atoms. The van der Waals surface area contributed by atoms with Crippen molar-refractivity contribution >= 4 is 17.3 Å². The van der Waals surface area contributed by atoms with Crippen LogP contribution in [-0.2, 0) is 4.74 Å². The number of benzene rings is 1. The van der Waals surface area contributed by atoms with Crippen LogP contribution >= 0.6 is 11.6 Å². The van der Waals surface area contributed by atoms with E-state index in [1.165, 1.54) is 24.1 Å². The van der Waals surface area contributed by atoms with Gasteiger partial charge in [-0.2, -0.15) is 0 Å². The molecular formula is C24H37ClN2O2. The van der Waals surface area contributed by atoms with Crippen LogP contribution in [0.4, 0.5) is 5.69 Å². The number of fused-ring (bicyclic) bond motifs is 2. The van der Waals surface area contributed by atoms with Crippen molar-refractivity contribution in [3.63, 3.8) is 0 Å². The normalized spacial score (nSPS) is 32.7. The van der Waals surface area contributed by atoms with Gasteiger partial charge in [0.1, 0.15) is 0 Å². The number of ether oxygens (including phenoxy) is 1. The van der Waals surface area contributed by atoms with Gasteiger partial charge in [0.25, 0.3) is 0 Å². The fourth-order valence-corrected chi connectivity index (χ4v) is 6.22. The van der Waals surface area contributed by atoms with E-state index in [-0.39, 0.29) is 5.41 Å². The van der Waals surface area contributed by atoms with E-state index in [0.717, 1.165) is 43.5 Å². The lowest BCUT2D eigenvalue weighted by Gasteiger charge is -2.40. The fraction of sp³-hybridized carbons (Fsp3) is 0.750. The molecule has 0 unspecified atom stereocenters. The highest BCUT2D eigenvalue weighted by Crippen LogP contribution is 2.66. The Morgan fingerprint density at radius 2 is 1.93 bits per heavy atom. The molecule has 0 amide bonds. The largest absolute Gasteiger partial charge is 0.389 e. The Balaban J connectivity index is 1.24. The monoisotopic (exact) mass is 420 g/mol. The van der Waals surface area contributed by atoms with Crippen LogP contribution in [0.25, 0.3) is 0 Å². The molecule has 3 fully saturated rings. The standard InChI is InChI=1S/C24H37ClN2O2/c1-17-5-6-19(25)14-21(17)27-11-9-26(10-12-27)15-20(28)16-29-22-13-18-7-8-24(22,4)23(18,2)3/h5-6,14,18,20,22,28H,7-13,15-16H2,1-4H3/t18-,20-,22-,24-/m0/s1. The molecule has 2 bridgehead atoms. The Hall–Kier alpha value is -0.810. The summed E-state index contributed by atoms with van der Waals surface area (Å²) >= 11 is 6.19. The molecule has 1 aromatic carbocycles. The molecule has 1 saturated heterocycles. The van der Waals surface area contributed by atoms with Crippen LogP contribution in [0, 0.1) is 23.7 Å². The van der Waals surface area contributed by atoms with Crippen molar-refractivity contribution in [2.24, 2.45) is 16.7 Å². The number of piperazine rings is 1. The topological polar surface area (TPSA) is 35.9 Å². The number of aliphatic hydroxyl groups excluding tert-OH is 1. The van der Waals surface area contributed by atoms with Gasteiger partial charge in [-0.15, -0.1) is 0 Å². The van der Waals surface area contributed by atoms with Crippen LogP contribution in [0.3, 0.4) is 0 Å². The van der Waals surface area contributed by atoms with E-state index in [2.05, 4.69) is 49.6 Å². The summed E-state index contributed by atoms with van der Waals surface area (Å²) in [6.45, 7) is 14.3. The zero-order valence-corrected chi connectivity index (χ0v) is 19.2. The van der Waals surface area contributed by atoms with Crippen molar-refractivity contribution in [2.45, 2.75) is 59.2 Å². The number of hydrogen-bond donors (Lipinski definition) is 1. The second kappa shape index (κ2) is 8.03. The SMILES string of the molecule is Cc1ccc(Cl)cc1N1CCN(C[C@H](O)CO[C@H]2C[C@@H]3CC[C@]2(C)C3(C)C)CC1. The number of hydrogen-bond acceptors (Lipinski definition) is 4. The van der Waals surface area contributed by atoms with E-state index in [4.69, 9.17) is 16.3 Å². The third-order valence-corrected chi connectivity index (χ3v) is 8.79. The Kier molecular flexibility index (Phi) is 5.93. The Labute approximate surface area is 181 Å². The zero-order chi connectivity index (χ0) is 20.8. The first-order chi connectivity index (χ1) is 13.7. The number of anilines is 1. The number of nitrogens with zero attached hydrogens (tertiary/aromatic N) is 2. The van der Waals surface area contributed by atoms with Crippen LogP contribution < -0.4 is 4.90 Å². The minimum Gasteiger partial charge on any atom is -0.389 e. The second-order valence-electron chi connectivity index (χ2n) is 10.3. The predicted molar refractivity (Wildman–Crippen MR) is 120 cm³/mol. The van der Waals surface area contributed by atoms with Gasteiger partial charge in [0.05, 0.1) is 18.8 Å². The molecule has 162 valence electrons. The average Bonchev–Trinajstić information content (AvgIpc) is 3.02. The Morgan fingerprint density at radius 1 is 1.21 bits per heavy atom. The highest BCUT2D eigenvalue weighted by atomic mass is 35.5. The molecule has 0 spiro atoms. The maximum absolute atomic E-state index is 10.6. The van der Waals surface area contributed by atoms with Gasteiger partial charge in [0.2, 0.25) is 0 Å². The van der Waals surface area contributed by atoms with E-state index in [0.29, 0.717) is 24.7 Å². The maximum Gasteiger partial charge on any atom is 0.0900 e. The van der Waals surface area contributed by atoms with Gasteiger partial charge >= 0.3 is 0 Å². The summed E-state index contributed by atoms with van der Waals surface area (Å²) in [4.78, 5) is 4.76. The summed E-state index contributed by atoms with van der Waals surface area (Å²) < 4.78 is 6.30. The highest BCUT2D eigenvalue weighted by Gasteiger charge is 2.61. The average molecular weight is 421 g/mol. The van der Waals surface area contributed by atoms with Crippen LogP contribution in [0.15, 0.2) is 18.2 Å². The van der Waals surface area contributed by atoms with Gasteiger partial charge < -0.3 is 14.7 Å². The van der Waals surface area contributed by atoms with E-state index in [1.54, 1.807) is 0 Å². The quantitative estimate of drug-likeness (QED) is 0.741. The van der Waals surface area contributed by atoms with Gasteiger partial charge in [0.15, 0.2) is 0 Å². The highest BCUT2D eigenvalue weighted by molar-refractivity contribution is 6.30. The van der Waals surface area contributed by atoms with Crippen molar-refractivity contribution < 1.29 is 9.84 Å². The molecule has 2 aliphatic carbocycles. The fourth-order valence-electron chi connectivity index (χ4n) is 6.05.